The number of allylic oxidation sites excluding steroid dienone is 4. The molecule has 0 fully saturated rings. The molecule has 0 aromatic heterocycles. The zero-order chi connectivity index (χ0) is 6.97. The second-order valence-corrected chi connectivity index (χ2v) is 3.58. The molecule has 0 spiro atoms. The summed E-state index contributed by atoms with van der Waals surface area (Å²) >= 11 is 0. The van der Waals surface area contributed by atoms with Gasteiger partial charge in [-0.25, -0.2) is 0 Å². The van der Waals surface area contributed by atoms with E-state index in [9.17, 15) is 0 Å². The van der Waals surface area contributed by atoms with Gasteiger partial charge in [-0.05, 0) is 37.2 Å². The van der Waals surface area contributed by atoms with E-state index in [4.69, 9.17) is 0 Å². The molecule has 0 saturated carbocycles. The van der Waals surface area contributed by atoms with E-state index < -0.39 is 0 Å². The molecule has 0 aromatic carbocycles. The predicted molar refractivity (Wildman–Crippen MR) is 43.8 cm³/mol. The van der Waals surface area contributed by atoms with Crippen LogP contribution in [0.5, 0.6) is 0 Å². The fourth-order valence-corrected chi connectivity index (χ4v) is 2.08. The maximum absolute atomic E-state index is 2.35. The summed E-state index contributed by atoms with van der Waals surface area (Å²) < 4.78 is 0. The van der Waals surface area contributed by atoms with Gasteiger partial charge < -0.3 is 0 Å². The molecular weight excluding hydrogens is 120 g/mol. The maximum atomic E-state index is 2.35. The Balaban J connectivity index is 2.21. The third-order valence-electron chi connectivity index (χ3n) is 2.55. The molecule has 1 unspecified atom stereocenters. The summed E-state index contributed by atoms with van der Waals surface area (Å²) in [6.07, 6.45) is 9.99. The number of hydrogen-bond acceptors (Lipinski definition) is 0. The van der Waals surface area contributed by atoms with Crippen LogP contribution in [0.3, 0.4) is 0 Å². The van der Waals surface area contributed by atoms with Gasteiger partial charge in [-0.3, -0.25) is 0 Å². The Morgan fingerprint density at radius 2 is 2.30 bits per heavy atom. The Morgan fingerprint density at radius 1 is 1.40 bits per heavy atom. The number of hydrogen-bond donors (Lipinski definition) is 0. The molecule has 2 aliphatic carbocycles. The van der Waals surface area contributed by atoms with Crippen LogP contribution >= 0.6 is 0 Å². The van der Waals surface area contributed by atoms with Gasteiger partial charge in [0.1, 0.15) is 0 Å². The lowest BCUT2D eigenvalue weighted by molar-refractivity contribution is 0.617. The Kier molecular flexibility index (Phi) is 1.40. The van der Waals surface area contributed by atoms with Crippen molar-refractivity contribution in [2.45, 2.75) is 32.6 Å². The zero-order valence-electron chi connectivity index (χ0n) is 6.56. The first-order chi connectivity index (χ1) is 4.86. The van der Waals surface area contributed by atoms with Crippen LogP contribution < -0.4 is 0 Å². The van der Waals surface area contributed by atoms with Gasteiger partial charge in [0.05, 0.1) is 0 Å². The van der Waals surface area contributed by atoms with Crippen molar-refractivity contribution in [3.63, 3.8) is 0 Å². The van der Waals surface area contributed by atoms with Crippen LogP contribution in [-0.2, 0) is 0 Å². The van der Waals surface area contributed by atoms with Crippen molar-refractivity contribution < 1.29 is 0 Å². The highest BCUT2D eigenvalue weighted by Gasteiger charge is 2.19. The van der Waals surface area contributed by atoms with Gasteiger partial charge in [-0.15, -0.1) is 0 Å². The molecule has 0 bridgehead atoms. The minimum Gasteiger partial charge on any atom is -0.0839 e. The Hall–Kier alpha value is -0.520. The lowest BCUT2D eigenvalue weighted by Crippen LogP contribution is -1.86. The van der Waals surface area contributed by atoms with Gasteiger partial charge >= 0.3 is 0 Å². The minimum absolute atomic E-state index is 0.924. The van der Waals surface area contributed by atoms with E-state index in [2.05, 4.69) is 19.1 Å². The van der Waals surface area contributed by atoms with E-state index in [0.29, 0.717) is 0 Å². The van der Waals surface area contributed by atoms with Crippen LogP contribution in [0.2, 0.25) is 0 Å². The summed E-state index contributed by atoms with van der Waals surface area (Å²) in [5.41, 5.74) is 3.40. The molecule has 54 valence electrons. The largest absolute Gasteiger partial charge is 0.0839 e. The maximum Gasteiger partial charge on any atom is -0.0251 e. The van der Waals surface area contributed by atoms with Gasteiger partial charge in [0.25, 0.3) is 0 Å². The fraction of sp³-hybridized carbons (Fsp3) is 0.600. The zero-order valence-corrected chi connectivity index (χ0v) is 6.56. The molecule has 10 heavy (non-hydrogen) atoms. The van der Waals surface area contributed by atoms with Crippen molar-refractivity contribution in [3.8, 4) is 0 Å². The first-order valence-corrected chi connectivity index (χ1v) is 4.23. The Bertz CT molecular complexity index is 196. The van der Waals surface area contributed by atoms with Gasteiger partial charge in [0, 0.05) is 0 Å². The SMILES string of the molecule is CC1CC2=C(CCC=C2)C1. The van der Waals surface area contributed by atoms with Gasteiger partial charge in [-0.2, -0.15) is 0 Å². The molecule has 0 radical (unpaired) electrons. The second kappa shape index (κ2) is 2.26. The Morgan fingerprint density at radius 3 is 3.10 bits per heavy atom. The third-order valence-corrected chi connectivity index (χ3v) is 2.55. The molecule has 0 heteroatoms. The highest BCUT2D eigenvalue weighted by molar-refractivity contribution is 5.33. The molecule has 0 aromatic rings. The van der Waals surface area contributed by atoms with Crippen molar-refractivity contribution in [2.75, 3.05) is 0 Å². The molecule has 2 rings (SSSR count). The fourth-order valence-electron chi connectivity index (χ4n) is 2.08. The van der Waals surface area contributed by atoms with Gasteiger partial charge in [0.2, 0.25) is 0 Å². The molecule has 2 aliphatic rings. The van der Waals surface area contributed by atoms with Crippen molar-refractivity contribution in [2.24, 2.45) is 5.92 Å². The van der Waals surface area contributed by atoms with Crippen LogP contribution in [0.1, 0.15) is 32.6 Å². The monoisotopic (exact) mass is 134 g/mol. The number of rotatable bonds is 0. The average molecular weight is 134 g/mol. The van der Waals surface area contributed by atoms with Crippen molar-refractivity contribution >= 4 is 0 Å². The summed E-state index contributed by atoms with van der Waals surface area (Å²) in [6, 6.07) is 0. The first-order valence-electron chi connectivity index (χ1n) is 4.23. The average Bonchev–Trinajstić information content (AvgIpc) is 2.27. The highest BCUT2D eigenvalue weighted by Crippen LogP contribution is 2.36. The summed E-state index contributed by atoms with van der Waals surface area (Å²) in [7, 11) is 0. The molecule has 0 amide bonds. The van der Waals surface area contributed by atoms with Crippen LogP contribution in [-0.4, -0.2) is 0 Å². The quantitative estimate of drug-likeness (QED) is 0.477. The molecule has 0 saturated heterocycles. The topological polar surface area (TPSA) is 0 Å². The standard InChI is InChI=1S/C10H14/c1-8-6-9-4-2-3-5-10(9)7-8/h2,4,8H,3,5-7H2,1H3. The minimum atomic E-state index is 0.924. The van der Waals surface area contributed by atoms with Crippen LogP contribution in [0.25, 0.3) is 0 Å². The highest BCUT2D eigenvalue weighted by atomic mass is 14.2. The molecule has 0 N–H and O–H groups in total. The summed E-state index contributed by atoms with van der Waals surface area (Å²) in [5.74, 6) is 0.924. The molecule has 0 aliphatic heterocycles. The summed E-state index contributed by atoms with van der Waals surface area (Å²) in [4.78, 5) is 0. The Labute approximate surface area is 62.6 Å². The van der Waals surface area contributed by atoms with Crippen LogP contribution in [0.4, 0.5) is 0 Å². The second-order valence-electron chi connectivity index (χ2n) is 3.58. The molecule has 1 atom stereocenters. The molecule has 0 nitrogen and oxygen atoms in total. The first kappa shape index (κ1) is 6.21. The molecule has 0 heterocycles. The third kappa shape index (κ3) is 0.920. The predicted octanol–water partition coefficient (Wildman–Crippen LogP) is 3.06. The van der Waals surface area contributed by atoms with Crippen LogP contribution in [0.15, 0.2) is 23.3 Å². The summed E-state index contributed by atoms with van der Waals surface area (Å²) in [6.45, 7) is 2.35. The van der Waals surface area contributed by atoms with Crippen molar-refractivity contribution in [1.82, 2.24) is 0 Å². The smallest absolute Gasteiger partial charge is 0.0251 e. The van der Waals surface area contributed by atoms with E-state index in [1.807, 2.05) is 0 Å². The van der Waals surface area contributed by atoms with Crippen LogP contribution in [0, 0.1) is 5.92 Å². The summed E-state index contributed by atoms with van der Waals surface area (Å²) in [5, 5.41) is 0. The lowest BCUT2D eigenvalue weighted by Gasteiger charge is -2.05. The van der Waals surface area contributed by atoms with E-state index in [1.165, 1.54) is 25.7 Å². The lowest BCUT2D eigenvalue weighted by atomic mass is 10.0. The van der Waals surface area contributed by atoms with Gasteiger partial charge in [0.15, 0.2) is 0 Å². The van der Waals surface area contributed by atoms with E-state index in [1.54, 1.807) is 11.1 Å². The normalized spacial score (nSPS) is 31.1. The van der Waals surface area contributed by atoms with Crippen molar-refractivity contribution in [3.05, 3.63) is 23.3 Å². The van der Waals surface area contributed by atoms with E-state index >= 15 is 0 Å². The van der Waals surface area contributed by atoms with E-state index in [0.717, 1.165) is 5.92 Å². The van der Waals surface area contributed by atoms with E-state index in [-0.39, 0.29) is 0 Å². The van der Waals surface area contributed by atoms with Gasteiger partial charge in [-0.1, -0.05) is 24.6 Å². The van der Waals surface area contributed by atoms with Crippen molar-refractivity contribution in [1.29, 1.82) is 0 Å². The molecular formula is C10H14.